The minimum atomic E-state index is -4.05. The molecule has 0 aliphatic rings. The number of amides is 1. The molecule has 1 aromatic rings. The molecule has 1 aromatic carbocycles. The van der Waals surface area contributed by atoms with Crippen molar-refractivity contribution in [3.8, 4) is 0 Å². The molecular weight excluding hydrogens is 353 g/mol. The Kier molecular flexibility index (Phi) is 5.49. The number of carbonyl (C=O) groups excluding carboxylic acids is 1. The molecule has 0 aromatic heterocycles. The van der Waals surface area contributed by atoms with E-state index >= 15 is 0 Å². The molecule has 0 spiro atoms. The Bertz CT molecular complexity index is 622. The number of nitrogens with one attached hydrogen (secondary N) is 1. The fourth-order valence-corrected chi connectivity index (χ4v) is 3.34. The van der Waals surface area contributed by atoms with Gasteiger partial charge in [-0.2, -0.15) is 0 Å². The molecule has 0 heterocycles. The fourth-order valence-electron chi connectivity index (χ4n) is 1.44. The molecule has 112 valence electrons. The second-order valence-electron chi connectivity index (χ2n) is 4.06. The molecule has 1 amide bonds. The van der Waals surface area contributed by atoms with Crippen LogP contribution in [0, 0.1) is 5.82 Å². The monoisotopic (exact) mass is 367 g/mol. The maximum atomic E-state index is 13.9. The Balaban J connectivity index is 3.08. The predicted octanol–water partition coefficient (Wildman–Crippen LogP) is 0.927. The Labute approximate surface area is 125 Å². The van der Waals surface area contributed by atoms with Gasteiger partial charge in [0.15, 0.2) is 5.82 Å². The zero-order chi connectivity index (χ0) is 15.5. The lowest BCUT2D eigenvalue weighted by Gasteiger charge is -2.17. The van der Waals surface area contributed by atoms with Crippen LogP contribution in [0.25, 0.3) is 0 Å². The molecule has 1 rings (SSSR count). The molecule has 0 bridgehead atoms. The standard InChI is InChI=1S/C11H15BrFN3O3S/c1-15-10(17)3-4-16(2)20(18,19)9-6-7(14)5-8(12)11(9)13/h5-6H,3-4,14H2,1-2H3,(H,15,17). The molecule has 0 radical (unpaired) electrons. The summed E-state index contributed by atoms with van der Waals surface area (Å²) >= 11 is 2.91. The number of halogens is 2. The first-order chi connectivity index (χ1) is 9.20. The van der Waals surface area contributed by atoms with Crippen LogP contribution in [0.1, 0.15) is 6.42 Å². The summed E-state index contributed by atoms with van der Waals surface area (Å²) in [5.41, 5.74) is 5.65. The highest BCUT2D eigenvalue weighted by molar-refractivity contribution is 9.10. The van der Waals surface area contributed by atoms with Crippen LogP contribution in [0.15, 0.2) is 21.5 Å². The molecule has 20 heavy (non-hydrogen) atoms. The van der Waals surface area contributed by atoms with Gasteiger partial charge >= 0.3 is 0 Å². The van der Waals surface area contributed by atoms with Crippen LogP contribution >= 0.6 is 15.9 Å². The van der Waals surface area contributed by atoms with Crippen LogP contribution in [0.2, 0.25) is 0 Å². The molecule has 9 heteroatoms. The summed E-state index contributed by atoms with van der Waals surface area (Å²) in [4.78, 5) is 10.6. The number of carbonyl (C=O) groups is 1. The minimum absolute atomic E-state index is 0.0165. The summed E-state index contributed by atoms with van der Waals surface area (Å²) in [5, 5.41) is 2.38. The molecule has 0 unspecified atom stereocenters. The summed E-state index contributed by atoms with van der Waals surface area (Å²) in [6.07, 6.45) is -0.0165. The van der Waals surface area contributed by atoms with Crippen molar-refractivity contribution in [2.24, 2.45) is 0 Å². The lowest BCUT2D eigenvalue weighted by atomic mass is 10.3. The lowest BCUT2D eigenvalue weighted by Crippen LogP contribution is -2.32. The number of hydrogen-bond donors (Lipinski definition) is 2. The summed E-state index contributed by atoms with van der Waals surface area (Å²) in [7, 11) is -1.33. The van der Waals surface area contributed by atoms with Crippen molar-refractivity contribution in [1.29, 1.82) is 0 Å². The SMILES string of the molecule is CNC(=O)CCN(C)S(=O)(=O)c1cc(N)cc(Br)c1F. The fraction of sp³-hybridized carbons (Fsp3) is 0.364. The van der Waals surface area contributed by atoms with Gasteiger partial charge in [0.05, 0.1) is 4.47 Å². The molecule has 0 saturated heterocycles. The van der Waals surface area contributed by atoms with E-state index in [2.05, 4.69) is 21.2 Å². The van der Waals surface area contributed by atoms with Crippen molar-refractivity contribution >= 4 is 37.5 Å². The van der Waals surface area contributed by atoms with Gasteiger partial charge in [0.2, 0.25) is 15.9 Å². The van der Waals surface area contributed by atoms with Gasteiger partial charge in [-0.3, -0.25) is 4.79 Å². The van der Waals surface area contributed by atoms with Crippen molar-refractivity contribution in [3.05, 3.63) is 22.4 Å². The van der Waals surface area contributed by atoms with E-state index < -0.39 is 20.7 Å². The van der Waals surface area contributed by atoms with Gasteiger partial charge in [0.1, 0.15) is 4.90 Å². The van der Waals surface area contributed by atoms with Crippen molar-refractivity contribution in [2.75, 3.05) is 26.4 Å². The molecule has 0 saturated carbocycles. The Hall–Kier alpha value is -1.19. The number of nitrogen functional groups attached to an aromatic ring is 1. The summed E-state index contributed by atoms with van der Waals surface area (Å²) in [6, 6.07) is 2.32. The maximum absolute atomic E-state index is 13.9. The molecular formula is C11H15BrFN3O3S. The summed E-state index contributed by atoms with van der Waals surface area (Å²) in [5.74, 6) is -1.22. The average Bonchev–Trinajstić information content (AvgIpc) is 2.39. The first-order valence-electron chi connectivity index (χ1n) is 5.61. The first-order valence-corrected chi connectivity index (χ1v) is 7.85. The molecule has 0 atom stereocenters. The second kappa shape index (κ2) is 6.51. The Morgan fingerprint density at radius 1 is 1.50 bits per heavy atom. The van der Waals surface area contributed by atoms with E-state index in [0.29, 0.717) is 0 Å². The molecule has 6 nitrogen and oxygen atoms in total. The van der Waals surface area contributed by atoms with Crippen LogP contribution in [0.3, 0.4) is 0 Å². The van der Waals surface area contributed by atoms with E-state index in [1.54, 1.807) is 0 Å². The van der Waals surface area contributed by atoms with Crippen LogP contribution in [0.5, 0.6) is 0 Å². The summed E-state index contributed by atoms with van der Waals surface area (Å²) < 4.78 is 39.3. The van der Waals surface area contributed by atoms with E-state index in [1.807, 2.05) is 0 Å². The van der Waals surface area contributed by atoms with Crippen LogP contribution < -0.4 is 11.1 Å². The van der Waals surface area contributed by atoms with Crippen LogP contribution in [-0.4, -0.2) is 39.3 Å². The van der Waals surface area contributed by atoms with Gasteiger partial charge in [0.25, 0.3) is 0 Å². The highest BCUT2D eigenvalue weighted by Crippen LogP contribution is 2.27. The van der Waals surface area contributed by atoms with Crippen LogP contribution in [0.4, 0.5) is 10.1 Å². The first kappa shape index (κ1) is 16.9. The highest BCUT2D eigenvalue weighted by Gasteiger charge is 2.26. The van der Waals surface area contributed by atoms with Gasteiger partial charge < -0.3 is 11.1 Å². The third-order valence-corrected chi connectivity index (χ3v) is 5.07. The minimum Gasteiger partial charge on any atom is -0.399 e. The topological polar surface area (TPSA) is 92.5 Å². The maximum Gasteiger partial charge on any atom is 0.245 e. The molecule has 0 fully saturated rings. The average molecular weight is 368 g/mol. The van der Waals surface area contributed by atoms with E-state index in [0.717, 1.165) is 10.4 Å². The van der Waals surface area contributed by atoms with Crippen molar-refractivity contribution in [3.63, 3.8) is 0 Å². The van der Waals surface area contributed by atoms with Crippen molar-refractivity contribution < 1.29 is 17.6 Å². The quantitative estimate of drug-likeness (QED) is 0.757. The third kappa shape index (κ3) is 3.68. The smallest absolute Gasteiger partial charge is 0.245 e. The normalized spacial score (nSPS) is 11.7. The van der Waals surface area contributed by atoms with Crippen molar-refractivity contribution in [2.45, 2.75) is 11.3 Å². The summed E-state index contributed by atoms with van der Waals surface area (Å²) in [6.45, 7) is -0.0616. The van der Waals surface area contributed by atoms with Crippen LogP contribution in [-0.2, 0) is 14.8 Å². The third-order valence-electron chi connectivity index (χ3n) is 2.64. The Morgan fingerprint density at radius 2 is 2.10 bits per heavy atom. The number of nitrogens with zero attached hydrogens (tertiary/aromatic N) is 1. The number of hydrogen-bond acceptors (Lipinski definition) is 4. The molecule has 0 aliphatic carbocycles. The van der Waals surface area contributed by atoms with E-state index in [4.69, 9.17) is 5.73 Å². The second-order valence-corrected chi connectivity index (χ2v) is 6.93. The van der Waals surface area contributed by atoms with Gasteiger partial charge in [0, 0.05) is 32.7 Å². The zero-order valence-corrected chi connectivity index (χ0v) is 13.4. The van der Waals surface area contributed by atoms with Gasteiger partial charge in [-0.1, -0.05) is 0 Å². The van der Waals surface area contributed by atoms with E-state index in [1.165, 1.54) is 20.2 Å². The number of rotatable bonds is 5. The van der Waals surface area contributed by atoms with Gasteiger partial charge in [-0.05, 0) is 28.1 Å². The highest BCUT2D eigenvalue weighted by atomic mass is 79.9. The van der Waals surface area contributed by atoms with E-state index in [9.17, 15) is 17.6 Å². The number of sulfonamides is 1. The predicted molar refractivity (Wildman–Crippen MR) is 77.0 cm³/mol. The number of anilines is 1. The zero-order valence-electron chi connectivity index (χ0n) is 11.0. The molecule has 3 N–H and O–H groups in total. The Morgan fingerprint density at radius 3 is 2.65 bits per heavy atom. The van der Waals surface area contributed by atoms with Gasteiger partial charge in [-0.15, -0.1) is 0 Å². The van der Waals surface area contributed by atoms with Gasteiger partial charge in [-0.25, -0.2) is 17.1 Å². The van der Waals surface area contributed by atoms with Crippen molar-refractivity contribution in [1.82, 2.24) is 9.62 Å². The number of benzene rings is 1. The lowest BCUT2D eigenvalue weighted by molar-refractivity contribution is -0.120. The number of nitrogens with two attached hydrogens (primary N) is 1. The molecule has 0 aliphatic heterocycles. The largest absolute Gasteiger partial charge is 0.399 e. The van der Waals surface area contributed by atoms with E-state index in [-0.39, 0.29) is 29.0 Å².